The largest absolute Gasteiger partial charge is 0.467 e. The summed E-state index contributed by atoms with van der Waals surface area (Å²) in [6, 6.07) is 7.05. The third-order valence-electron chi connectivity index (χ3n) is 2.86. The lowest BCUT2D eigenvalue weighted by Gasteiger charge is -2.06. The zero-order chi connectivity index (χ0) is 14.9. The highest BCUT2D eigenvalue weighted by Crippen LogP contribution is 2.03. The molecule has 0 atom stereocenters. The van der Waals surface area contributed by atoms with Gasteiger partial charge in [-0.2, -0.15) is 0 Å². The van der Waals surface area contributed by atoms with Crippen molar-refractivity contribution in [1.29, 1.82) is 0 Å². The number of aromatic nitrogens is 1. The summed E-state index contributed by atoms with van der Waals surface area (Å²) in [7, 11) is 0. The van der Waals surface area contributed by atoms with Crippen LogP contribution in [-0.2, 0) is 17.9 Å². The van der Waals surface area contributed by atoms with Crippen molar-refractivity contribution in [2.75, 3.05) is 13.2 Å². The fraction of sp³-hybridized carbons (Fsp3) is 0.333. The second-order valence-corrected chi connectivity index (χ2v) is 4.48. The maximum absolute atomic E-state index is 11.9. The van der Waals surface area contributed by atoms with Crippen LogP contribution in [0, 0.1) is 0 Å². The maximum Gasteiger partial charge on any atom is 0.251 e. The highest BCUT2D eigenvalue weighted by molar-refractivity contribution is 5.94. The molecule has 0 aliphatic carbocycles. The van der Waals surface area contributed by atoms with E-state index in [4.69, 9.17) is 14.9 Å². The summed E-state index contributed by atoms with van der Waals surface area (Å²) in [5, 5.41) is 2.83. The summed E-state index contributed by atoms with van der Waals surface area (Å²) >= 11 is 0. The van der Waals surface area contributed by atoms with Crippen LogP contribution in [-0.4, -0.2) is 24.0 Å². The van der Waals surface area contributed by atoms with Crippen molar-refractivity contribution in [2.45, 2.75) is 19.6 Å². The lowest BCUT2D eigenvalue weighted by Crippen LogP contribution is -2.25. The van der Waals surface area contributed by atoms with E-state index in [-0.39, 0.29) is 5.91 Å². The number of ether oxygens (including phenoxy) is 1. The van der Waals surface area contributed by atoms with E-state index < -0.39 is 0 Å². The van der Waals surface area contributed by atoms with Crippen molar-refractivity contribution in [3.8, 4) is 0 Å². The molecule has 0 saturated carbocycles. The Bertz CT molecular complexity index is 555. The fourth-order valence-corrected chi connectivity index (χ4v) is 1.78. The summed E-state index contributed by atoms with van der Waals surface area (Å²) in [6.07, 6.45) is 3.94. The summed E-state index contributed by atoms with van der Waals surface area (Å²) in [5.74, 6) is 0.670. The molecule has 2 heterocycles. The predicted octanol–water partition coefficient (Wildman–Crippen LogP) is 1.47. The summed E-state index contributed by atoms with van der Waals surface area (Å²) in [5.41, 5.74) is 6.77. The van der Waals surface area contributed by atoms with Crippen molar-refractivity contribution in [2.24, 2.45) is 5.73 Å². The third-order valence-corrected chi connectivity index (χ3v) is 2.86. The van der Waals surface area contributed by atoms with Gasteiger partial charge in [0.05, 0.1) is 12.0 Å². The van der Waals surface area contributed by atoms with Crippen LogP contribution in [0.25, 0.3) is 0 Å². The first kappa shape index (κ1) is 15.2. The van der Waals surface area contributed by atoms with Gasteiger partial charge in [0.1, 0.15) is 12.4 Å². The Morgan fingerprint density at radius 3 is 3.10 bits per heavy atom. The molecule has 3 N–H and O–H groups in total. The van der Waals surface area contributed by atoms with Gasteiger partial charge in [-0.05, 0) is 30.7 Å². The number of nitrogens with one attached hydrogen (secondary N) is 1. The Morgan fingerprint density at radius 1 is 1.43 bits per heavy atom. The second kappa shape index (κ2) is 8.18. The molecule has 6 heteroatoms. The molecular weight excluding hydrogens is 270 g/mol. The van der Waals surface area contributed by atoms with Crippen LogP contribution in [0.2, 0.25) is 0 Å². The van der Waals surface area contributed by atoms with Gasteiger partial charge < -0.3 is 20.2 Å². The SMILES string of the molecule is NCc1cc(C(=O)NCCCOCc2ccco2)ccn1. The van der Waals surface area contributed by atoms with Gasteiger partial charge in [0.25, 0.3) is 5.91 Å². The topological polar surface area (TPSA) is 90.4 Å². The number of rotatable bonds is 8. The first-order chi connectivity index (χ1) is 10.3. The van der Waals surface area contributed by atoms with E-state index in [0.29, 0.717) is 37.6 Å². The highest BCUT2D eigenvalue weighted by Gasteiger charge is 2.05. The van der Waals surface area contributed by atoms with Crippen LogP contribution in [0.1, 0.15) is 28.2 Å². The number of carbonyl (C=O) groups excluding carboxylic acids is 1. The average molecular weight is 289 g/mol. The summed E-state index contributed by atoms with van der Waals surface area (Å²) < 4.78 is 10.6. The average Bonchev–Trinajstić information content (AvgIpc) is 3.04. The van der Waals surface area contributed by atoms with Crippen molar-refractivity contribution < 1.29 is 13.9 Å². The van der Waals surface area contributed by atoms with Gasteiger partial charge in [-0.1, -0.05) is 0 Å². The molecule has 0 bridgehead atoms. The molecule has 0 unspecified atom stereocenters. The van der Waals surface area contributed by atoms with Crippen LogP contribution in [0.15, 0.2) is 41.1 Å². The molecule has 6 nitrogen and oxygen atoms in total. The molecule has 0 fully saturated rings. The van der Waals surface area contributed by atoms with Gasteiger partial charge in [-0.25, -0.2) is 0 Å². The van der Waals surface area contributed by atoms with Gasteiger partial charge in [0.15, 0.2) is 0 Å². The second-order valence-electron chi connectivity index (χ2n) is 4.48. The van der Waals surface area contributed by atoms with Crippen molar-refractivity contribution >= 4 is 5.91 Å². The van der Waals surface area contributed by atoms with Crippen molar-refractivity contribution in [1.82, 2.24) is 10.3 Å². The minimum Gasteiger partial charge on any atom is -0.467 e. The van der Waals surface area contributed by atoms with Gasteiger partial charge in [-0.15, -0.1) is 0 Å². The van der Waals surface area contributed by atoms with E-state index >= 15 is 0 Å². The highest BCUT2D eigenvalue weighted by atomic mass is 16.5. The maximum atomic E-state index is 11.9. The number of furan rings is 1. The fourth-order valence-electron chi connectivity index (χ4n) is 1.78. The van der Waals surface area contributed by atoms with Crippen LogP contribution < -0.4 is 11.1 Å². The minimum absolute atomic E-state index is 0.127. The quantitative estimate of drug-likeness (QED) is 0.718. The molecule has 0 radical (unpaired) electrons. The van der Waals surface area contributed by atoms with Crippen LogP contribution in [0.3, 0.4) is 0 Å². The first-order valence-corrected chi connectivity index (χ1v) is 6.83. The molecule has 2 aromatic rings. The number of carbonyl (C=O) groups is 1. The van der Waals surface area contributed by atoms with E-state index in [9.17, 15) is 4.79 Å². The standard InChI is InChI=1S/C15H19N3O3/c16-10-13-9-12(4-6-17-13)15(19)18-5-2-7-20-11-14-3-1-8-21-14/h1,3-4,6,8-9H,2,5,7,10-11,16H2,(H,18,19). The number of nitrogens with two attached hydrogens (primary N) is 1. The van der Waals surface area contributed by atoms with Crippen LogP contribution in [0.5, 0.6) is 0 Å². The summed E-state index contributed by atoms with van der Waals surface area (Å²) in [4.78, 5) is 15.9. The van der Waals surface area contributed by atoms with Crippen molar-refractivity contribution in [3.05, 3.63) is 53.7 Å². The molecule has 0 saturated heterocycles. The van der Waals surface area contributed by atoms with Crippen LogP contribution in [0.4, 0.5) is 0 Å². The molecule has 2 rings (SSSR count). The first-order valence-electron chi connectivity index (χ1n) is 6.83. The Labute approximate surface area is 123 Å². The molecule has 112 valence electrons. The van der Waals surface area contributed by atoms with Gasteiger partial charge >= 0.3 is 0 Å². The molecule has 0 aliphatic rings. The zero-order valence-electron chi connectivity index (χ0n) is 11.7. The predicted molar refractivity (Wildman–Crippen MR) is 77.4 cm³/mol. The zero-order valence-corrected chi connectivity index (χ0v) is 11.7. The Kier molecular flexibility index (Phi) is 5.93. The summed E-state index contributed by atoms with van der Waals surface area (Å²) in [6.45, 7) is 1.88. The van der Waals surface area contributed by atoms with Gasteiger partial charge in [-0.3, -0.25) is 9.78 Å². The lowest BCUT2D eigenvalue weighted by atomic mass is 10.2. The number of nitrogens with zero attached hydrogens (tertiary/aromatic N) is 1. The molecular formula is C15H19N3O3. The van der Waals surface area contributed by atoms with E-state index in [1.807, 2.05) is 12.1 Å². The third kappa shape index (κ3) is 5.02. The molecule has 0 spiro atoms. The smallest absolute Gasteiger partial charge is 0.251 e. The van der Waals surface area contributed by atoms with E-state index in [1.54, 1.807) is 24.6 Å². The lowest BCUT2D eigenvalue weighted by molar-refractivity contribution is 0.0917. The van der Waals surface area contributed by atoms with E-state index in [0.717, 1.165) is 12.2 Å². The van der Waals surface area contributed by atoms with Crippen molar-refractivity contribution in [3.63, 3.8) is 0 Å². The van der Waals surface area contributed by atoms with E-state index in [2.05, 4.69) is 10.3 Å². The number of hydrogen-bond acceptors (Lipinski definition) is 5. The number of pyridine rings is 1. The van der Waals surface area contributed by atoms with Crippen LogP contribution >= 0.6 is 0 Å². The Balaban J connectivity index is 1.62. The van der Waals surface area contributed by atoms with Gasteiger partial charge in [0, 0.05) is 31.5 Å². The number of amides is 1. The van der Waals surface area contributed by atoms with E-state index in [1.165, 1.54) is 0 Å². The normalized spacial score (nSPS) is 10.5. The molecule has 1 amide bonds. The molecule has 0 aromatic carbocycles. The molecule has 0 aliphatic heterocycles. The number of hydrogen-bond donors (Lipinski definition) is 2. The molecule has 2 aromatic heterocycles. The van der Waals surface area contributed by atoms with Gasteiger partial charge in [0.2, 0.25) is 0 Å². The monoisotopic (exact) mass is 289 g/mol. The molecule has 21 heavy (non-hydrogen) atoms. The Morgan fingerprint density at radius 2 is 2.33 bits per heavy atom. The Hall–Kier alpha value is -2.18. The minimum atomic E-state index is -0.127.